The maximum Gasteiger partial charge on any atom is 0.261 e. The van der Waals surface area contributed by atoms with Gasteiger partial charge in [0.05, 0.1) is 10.9 Å². The van der Waals surface area contributed by atoms with Crippen LogP contribution in [0.2, 0.25) is 0 Å². The summed E-state index contributed by atoms with van der Waals surface area (Å²) < 4.78 is 6.12. The summed E-state index contributed by atoms with van der Waals surface area (Å²) in [5, 5.41) is 11.7. The third-order valence-electron chi connectivity index (χ3n) is 4.67. The Kier molecular flexibility index (Phi) is 7.14. The molecule has 0 saturated carbocycles. The number of nitrogens with one attached hydrogen (secondary N) is 3. The van der Waals surface area contributed by atoms with Crippen molar-refractivity contribution in [2.75, 3.05) is 19.6 Å². The first kappa shape index (κ1) is 21.2. The van der Waals surface area contributed by atoms with E-state index >= 15 is 0 Å². The number of rotatable bonds is 7. The number of hydrogen-bond donors (Lipinski definition) is 3. The van der Waals surface area contributed by atoms with Crippen molar-refractivity contribution in [2.24, 2.45) is 4.99 Å². The van der Waals surface area contributed by atoms with E-state index in [1.165, 1.54) is 11.3 Å². The third-order valence-corrected chi connectivity index (χ3v) is 5.54. The fourth-order valence-electron chi connectivity index (χ4n) is 3.38. The van der Waals surface area contributed by atoms with Gasteiger partial charge in [-0.25, -0.2) is 0 Å². The van der Waals surface area contributed by atoms with Crippen LogP contribution in [-0.4, -0.2) is 37.1 Å². The Hall–Kier alpha value is -2.54. The summed E-state index contributed by atoms with van der Waals surface area (Å²) in [6, 6.07) is 12.0. The van der Waals surface area contributed by atoms with Crippen LogP contribution in [0.5, 0.6) is 5.75 Å². The van der Waals surface area contributed by atoms with E-state index in [2.05, 4.69) is 42.8 Å². The molecule has 1 aromatic heterocycles. The van der Waals surface area contributed by atoms with Gasteiger partial charge in [0.25, 0.3) is 5.91 Å². The molecular formula is C22H30N4O2S. The first-order chi connectivity index (χ1) is 14.0. The van der Waals surface area contributed by atoms with Gasteiger partial charge in [0.1, 0.15) is 11.4 Å². The normalized spacial score (nSPS) is 17.8. The molecule has 0 spiro atoms. The second kappa shape index (κ2) is 9.78. The zero-order chi connectivity index (χ0) is 20.7. The Balaban J connectivity index is 1.56. The average molecular weight is 415 g/mol. The van der Waals surface area contributed by atoms with Crippen molar-refractivity contribution in [3.63, 3.8) is 0 Å². The zero-order valence-corrected chi connectivity index (χ0v) is 18.1. The molecule has 7 heteroatoms. The van der Waals surface area contributed by atoms with E-state index in [-0.39, 0.29) is 17.6 Å². The van der Waals surface area contributed by atoms with Crippen LogP contribution in [0.3, 0.4) is 0 Å². The highest BCUT2D eigenvalue weighted by atomic mass is 32.1. The molecule has 29 heavy (non-hydrogen) atoms. The number of nitrogens with zero attached hydrogens (tertiary/aromatic N) is 1. The molecule has 3 N–H and O–H groups in total. The van der Waals surface area contributed by atoms with Gasteiger partial charge in [-0.3, -0.25) is 9.79 Å². The number of guanidine groups is 1. The van der Waals surface area contributed by atoms with Crippen molar-refractivity contribution < 1.29 is 9.53 Å². The lowest BCUT2D eigenvalue weighted by Crippen LogP contribution is -2.45. The van der Waals surface area contributed by atoms with Crippen LogP contribution < -0.4 is 20.7 Å². The third kappa shape index (κ3) is 5.97. The van der Waals surface area contributed by atoms with E-state index in [0.717, 1.165) is 41.5 Å². The summed E-state index contributed by atoms with van der Waals surface area (Å²) >= 11 is 1.45. The molecule has 0 aliphatic carbocycles. The predicted octanol–water partition coefficient (Wildman–Crippen LogP) is 3.73. The lowest BCUT2D eigenvalue weighted by atomic mass is 9.90. The molecule has 1 atom stereocenters. The highest BCUT2D eigenvalue weighted by Gasteiger charge is 2.33. The summed E-state index contributed by atoms with van der Waals surface area (Å²) in [4.78, 5) is 17.4. The SMILES string of the molecule is CCNC(=NCCCNC(=O)c1cccs1)NC1CC(C)(C)Oc2ccccc21. The van der Waals surface area contributed by atoms with Crippen LogP contribution in [0.1, 0.15) is 54.9 Å². The number of fused-ring (bicyclic) bond motifs is 1. The fraction of sp³-hybridized carbons (Fsp3) is 0.455. The summed E-state index contributed by atoms with van der Waals surface area (Å²) in [5.74, 6) is 1.69. The van der Waals surface area contributed by atoms with Crippen molar-refractivity contribution >= 4 is 23.2 Å². The zero-order valence-electron chi connectivity index (χ0n) is 17.3. The van der Waals surface area contributed by atoms with Crippen molar-refractivity contribution in [2.45, 2.75) is 45.3 Å². The molecule has 0 radical (unpaired) electrons. The van der Waals surface area contributed by atoms with Gasteiger partial charge in [-0.2, -0.15) is 0 Å². The molecule has 1 amide bonds. The molecule has 2 heterocycles. The molecule has 2 aromatic rings. The van der Waals surface area contributed by atoms with Crippen LogP contribution in [0, 0.1) is 0 Å². The summed E-state index contributed by atoms with van der Waals surface area (Å²) in [7, 11) is 0. The molecule has 0 bridgehead atoms. The van der Waals surface area contributed by atoms with Gasteiger partial charge in [-0.15, -0.1) is 11.3 Å². The van der Waals surface area contributed by atoms with E-state index in [9.17, 15) is 4.79 Å². The van der Waals surface area contributed by atoms with E-state index in [1.807, 2.05) is 35.7 Å². The number of amides is 1. The summed E-state index contributed by atoms with van der Waals surface area (Å²) in [5.41, 5.74) is 0.913. The van der Waals surface area contributed by atoms with Crippen LogP contribution >= 0.6 is 11.3 Å². The Morgan fingerprint density at radius 1 is 1.24 bits per heavy atom. The van der Waals surface area contributed by atoms with Crippen LogP contribution in [-0.2, 0) is 0 Å². The molecule has 156 valence electrons. The topological polar surface area (TPSA) is 74.8 Å². The van der Waals surface area contributed by atoms with Gasteiger partial charge in [0.2, 0.25) is 0 Å². The number of benzene rings is 1. The second-order valence-corrected chi connectivity index (χ2v) is 8.60. The lowest BCUT2D eigenvalue weighted by Gasteiger charge is -2.38. The van der Waals surface area contributed by atoms with E-state index in [4.69, 9.17) is 9.73 Å². The molecule has 3 rings (SSSR count). The molecule has 0 fully saturated rings. The number of carbonyl (C=O) groups excluding carboxylic acids is 1. The standard InChI is InChI=1S/C22H30N4O2S/c1-4-23-21(25-13-8-12-24-20(27)19-11-7-14-29-19)26-17-15-22(2,3)28-18-10-6-5-9-16(17)18/h5-7,9-11,14,17H,4,8,12-13,15H2,1-3H3,(H,24,27)(H2,23,25,26). The van der Waals surface area contributed by atoms with Gasteiger partial charge in [-0.1, -0.05) is 24.3 Å². The number of carbonyl (C=O) groups is 1. The van der Waals surface area contributed by atoms with Crippen LogP contribution in [0.4, 0.5) is 0 Å². The fourth-order valence-corrected chi connectivity index (χ4v) is 4.02. The Morgan fingerprint density at radius 3 is 2.83 bits per heavy atom. The van der Waals surface area contributed by atoms with Crippen molar-refractivity contribution in [1.29, 1.82) is 0 Å². The maximum atomic E-state index is 12.0. The van der Waals surface area contributed by atoms with Gasteiger partial charge in [0.15, 0.2) is 5.96 Å². The van der Waals surface area contributed by atoms with Gasteiger partial charge in [0, 0.05) is 31.6 Å². The molecule has 6 nitrogen and oxygen atoms in total. The molecule has 0 saturated heterocycles. The summed E-state index contributed by atoms with van der Waals surface area (Å²) in [6.07, 6.45) is 1.63. The maximum absolute atomic E-state index is 12.0. The largest absolute Gasteiger partial charge is 0.487 e. The summed E-state index contributed by atoms with van der Waals surface area (Å²) in [6.45, 7) is 8.30. The highest BCUT2D eigenvalue weighted by Crippen LogP contribution is 2.39. The minimum Gasteiger partial charge on any atom is -0.487 e. The quantitative estimate of drug-likeness (QED) is 0.367. The molecule has 1 aliphatic heterocycles. The first-order valence-corrected chi connectivity index (χ1v) is 11.0. The number of thiophene rings is 1. The van der Waals surface area contributed by atoms with Gasteiger partial charge < -0.3 is 20.7 Å². The first-order valence-electron chi connectivity index (χ1n) is 10.1. The lowest BCUT2D eigenvalue weighted by molar-refractivity contribution is 0.0694. The number of hydrogen-bond acceptors (Lipinski definition) is 4. The van der Waals surface area contributed by atoms with E-state index in [1.54, 1.807) is 0 Å². The van der Waals surface area contributed by atoms with Crippen LogP contribution in [0.15, 0.2) is 46.8 Å². The van der Waals surface area contributed by atoms with Crippen molar-refractivity contribution in [1.82, 2.24) is 16.0 Å². The second-order valence-electron chi connectivity index (χ2n) is 7.65. The Bertz CT molecular complexity index is 833. The monoisotopic (exact) mass is 414 g/mol. The van der Waals surface area contributed by atoms with E-state index < -0.39 is 0 Å². The van der Waals surface area contributed by atoms with E-state index in [0.29, 0.717) is 13.1 Å². The van der Waals surface area contributed by atoms with Crippen LogP contribution in [0.25, 0.3) is 0 Å². The number of ether oxygens (including phenoxy) is 1. The number of aliphatic imine (C=N–C) groups is 1. The van der Waals surface area contributed by atoms with Gasteiger partial charge in [-0.05, 0) is 44.7 Å². The molecule has 1 unspecified atom stereocenters. The molecular weight excluding hydrogens is 384 g/mol. The van der Waals surface area contributed by atoms with Crippen molar-refractivity contribution in [3.05, 3.63) is 52.2 Å². The Labute approximate surface area is 176 Å². The van der Waals surface area contributed by atoms with Crippen molar-refractivity contribution in [3.8, 4) is 5.75 Å². The smallest absolute Gasteiger partial charge is 0.261 e. The van der Waals surface area contributed by atoms with Gasteiger partial charge >= 0.3 is 0 Å². The molecule has 1 aromatic carbocycles. The highest BCUT2D eigenvalue weighted by molar-refractivity contribution is 7.12. The predicted molar refractivity (Wildman–Crippen MR) is 119 cm³/mol. The molecule has 1 aliphatic rings. The number of para-hydroxylation sites is 1. The minimum absolute atomic E-state index is 0.0185. The minimum atomic E-state index is -0.241. The average Bonchev–Trinajstić information content (AvgIpc) is 3.21. The Morgan fingerprint density at radius 2 is 2.07 bits per heavy atom.